The van der Waals surface area contributed by atoms with Gasteiger partial charge in [-0.3, -0.25) is 4.79 Å². The Kier molecular flexibility index (Phi) is 5.79. The summed E-state index contributed by atoms with van der Waals surface area (Å²) >= 11 is 3.44. The third-order valence-electron chi connectivity index (χ3n) is 4.84. The molecule has 0 radical (unpaired) electrons. The summed E-state index contributed by atoms with van der Waals surface area (Å²) in [7, 11) is -1.92. The fraction of sp³-hybridized carbons (Fsp3) is 0.421. The third-order valence-corrected chi connectivity index (χ3v) is 7.33. The normalized spacial score (nSPS) is 18.4. The van der Waals surface area contributed by atoms with Crippen LogP contribution in [0.15, 0.2) is 39.8 Å². The number of sulfonamides is 1. The first kappa shape index (κ1) is 20.1. The van der Waals surface area contributed by atoms with E-state index in [1.165, 1.54) is 16.6 Å². The molecule has 1 N–H and O–H groups in total. The first-order valence-corrected chi connectivity index (χ1v) is 11.2. The van der Waals surface area contributed by atoms with Gasteiger partial charge in [-0.05, 0) is 65.4 Å². The van der Waals surface area contributed by atoms with Gasteiger partial charge in [-0.1, -0.05) is 13.0 Å². The summed E-state index contributed by atoms with van der Waals surface area (Å²) < 4.78 is 29.7. The minimum Gasteiger partial charge on any atom is -0.345 e. The van der Waals surface area contributed by atoms with Crippen LogP contribution in [0.5, 0.6) is 0 Å². The van der Waals surface area contributed by atoms with Gasteiger partial charge < -0.3 is 9.88 Å². The molecule has 1 fully saturated rings. The minimum absolute atomic E-state index is 0.159. The van der Waals surface area contributed by atoms with Crippen molar-refractivity contribution in [3.05, 3.63) is 46.2 Å². The summed E-state index contributed by atoms with van der Waals surface area (Å²) in [6, 6.07) is 7.08. The Morgan fingerprint density at radius 1 is 1.30 bits per heavy atom. The average molecular weight is 454 g/mol. The minimum atomic E-state index is -3.59. The number of aryl methyl sites for hydroxylation is 2. The molecule has 0 unspecified atom stereocenters. The van der Waals surface area contributed by atoms with Crippen molar-refractivity contribution in [2.24, 2.45) is 13.0 Å². The molecule has 1 aliphatic heterocycles. The Bertz CT molecular complexity index is 969. The van der Waals surface area contributed by atoms with Crippen LogP contribution in [0.3, 0.4) is 0 Å². The lowest BCUT2D eigenvalue weighted by Gasteiger charge is -2.29. The second-order valence-corrected chi connectivity index (χ2v) is 10.0. The number of rotatable bonds is 4. The molecule has 0 saturated carbocycles. The van der Waals surface area contributed by atoms with Crippen molar-refractivity contribution in [3.63, 3.8) is 0 Å². The van der Waals surface area contributed by atoms with E-state index >= 15 is 0 Å². The number of carbonyl (C=O) groups excluding carboxylic acids is 1. The average Bonchev–Trinajstić information content (AvgIpc) is 3.00. The molecule has 1 atom stereocenters. The third kappa shape index (κ3) is 4.28. The van der Waals surface area contributed by atoms with Gasteiger partial charge in [0.15, 0.2) is 0 Å². The summed E-state index contributed by atoms with van der Waals surface area (Å²) in [6.07, 6.45) is 3.41. The van der Waals surface area contributed by atoms with Crippen molar-refractivity contribution in [3.8, 4) is 0 Å². The zero-order chi connectivity index (χ0) is 19.8. The predicted molar refractivity (Wildman–Crippen MR) is 109 cm³/mol. The molecule has 27 heavy (non-hydrogen) atoms. The highest BCUT2D eigenvalue weighted by Crippen LogP contribution is 2.26. The summed E-state index contributed by atoms with van der Waals surface area (Å²) in [5, 5.41) is 2.83. The van der Waals surface area contributed by atoms with E-state index in [1.807, 2.05) is 25.1 Å². The lowest BCUT2D eigenvalue weighted by atomic mass is 10.0. The van der Waals surface area contributed by atoms with Gasteiger partial charge in [0.25, 0.3) is 5.91 Å². The van der Waals surface area contributed by atoms with Gasteiger partial charge in [-0.25, -0.2) is 8.42 Å². The quantitative estimate of drug-likeness (QED) is 0.765. The second kappa shape index (κ2) is 7.77. The number of halogens is 1. The fourth-order valence-corrected chi connectivity index (χ4v) is 5.59. The van der Waals surface area contributed by atoms with E-state index in [9.17, 15) is 13.2 Å². The summed E-state index contributed by atoms with van der Waals surface area (Å²) in [4.78, 5) is 12.8. The van der Waals surface area contributed by atoms with Crippen LogP contribution in [-0.4, -0.2) is 36.3 Å². The molecule has 0 aliphatic carbocycles. The Morgan fingerprint density at radius 2 is 2.04 bits per heavy atom. The highest BCUT2D eigenvalue weighted by atomic mass is 79.9. The number of piperidine rings is 1. The molecule has 1 aliphatic rings. The monoisotopic (exact) mass is 453 g/mol. The van der Waals surface area contributed by atoms with Crippen LogP contribution in [-0.2, 0) is 17.1 Å². The zero-order valence-corrected chi connectivity index (χ0v) is 18.1. The number of hydrogen-bond donors (Lipinski definition) is 1. The highest BCUT2D eigenvalue weighted by Gasteiger charge is 2.30. The second-order valence-electron chi connectivity index (χ2n) is 7.22. The molecule has 2 heterocycles. The number of aromatic nitrogens is 1. The number of benzene rings is 1. The molecule has 0 bridgehead atoms. The van der Waals surface area contributed by atoms with E-state index in [2.05, 4.69) is 28.2 Å². The first-order valence-electron chi connectivity index (χ1n) is 8.92. The van der Waals surface area contributed by atoms with E-state index in [1.54, 1.807) is 11.6 Å². The van der Waals surface area contributed by atoms with Crippen LogP contribution in [0.25, 0.3) is 0 Å². The molecular formula is C19H24BrN3O3S. The lowest BCUT2D eigenvalue weighted by Crippen LogP contribution is -2.38. The number of amides is 1. The maximum Gasteiger partial charge on any atom is 0.272 e. The Labute approximate surface area is 168 Å². The Balaban J connectivity index is 1.84. The first-order chi connectivity index (χ1) is 12.7. The lowest BCUT2D eigenvalue weighted by molar-refractivity contribution is 0.101. The van der Waals surface area contributed by atoms with Crippen LogP contribution >= 0.6 is 15.9 Å². The van der Waals surface area contributed by atoms with Crippen molar-refractivity contribution in [2.75, 3.05) is 18.4 Å². The molecule has 1 aromatic heterocycles. The van der Waals surface area contributed by atoms with Gasteiger partial charge >= 0.3 is 0 Å². The standard InChI is InChI=1S/C19H24BrN3O3S/c1-13-6-7-17(16(20)9-13)21-19(24)18-10-15(12-22(18)3)27(25,26)23-8-4-5-14(2)11-23/h6-7,9-10,12,14H,4-5,8,11H2,1-3H3,(H,21,24)/t14-/m0/s1. The Hall–Kier alpha value is -1.64. The van der Waals surface area contributed by atoms with Crippen LogP contribution in [0.2, 0.25) is 0 Å². The van der Waals surface area contributed by atoms with E-state index < -0.39 is 10.0 Å². The molecule has 1 aromatic carbocycles. The number of nitrogens with zero attached hydrogens (tertiary/aromatic N) is 2. The van der Waals surface area contributed by atoms with Gasteiger partial charge in [-0.15, -0.1) is 0 Å². The van der Waals surface area contributed by atoms with Gasteiger partial charge in [0.2, 0.25) is 10.0 Å². The number of nitrogens with one attached hydrogen (secondary N) is 1. The molecule has 8 heteroatoms. The van der Waals surface area contributed by atoms with E-state index in [4.69, 9.17) is 0 Å². The summed E-state index contributed by atoms with van der Waals surface area (Å²) in [5.74, 6) is -0.00518. The predicted octanol–water partition coefficient (Wildman–Crippen LogP) is 3.77. The van der Waals surface area contributed by atoms with Crippen LogP contribution in [0.1, 0.15) is 35.8 Å². The number of carbonyl (C=O) groups is 1. The molecule has 1 amide bonds. The van der Waals surface area contributed by atoms with Crippen molar-refractivity contribution in [1.82, 2.24) is 8.87 Å². The van der Waals surface area contributed by atoms with E-state index in [0.29, 0.717) is 30.4 Å². The fourth-order valence-electron chi connectivity index (χ4n) is 3.32. The van der Waals surface area contributed by atoms with Crippen molar-refractivity contribution in [2.45, 2.75) is 31.6 Å². The SMILES string of the molecule is Cc1ccc(NC(=O)c2cc(S(=O)(=O)N3CCC[C@H](C)C3)cn2C)c(Br)c1. The highest BCUT2D eigenvalue weighted by molar-refractivity contribution is 9.10. The molecule has 0 spiro atoms. The topological polar surface area (TPSA) is 71.4 Å². The molecule has 1 saturated heterocycles. The van der Waals surface area contributed by atoms with Crippen LogP contribution in [0.4, 0.5) is 5.69 Å². The maximum absolute atomic E-state index is 12.9. The maximum atomic E-state index is 12.9. The van der Waals surface area contributed by atoms with Gasteiger partial charge in [0, 0.05) is 30.8 Å². The van der Waals surface area contributed by atoms with Gasteiger partial charge in [-0.2, -0.15) is 4.31 Å². The van der Waals surface area contributed by atoms with Crippen molar-refractivity contribution >= 4 is 37.5 Å². The molecule has 3 rings (SSSR count). The van der Waals surface area contributed by atoms with E-state index in [0.717, 1.165) is 22.9 Å². The zero-order valence-electron chi connectivity index (χ0n) is 15.7. The molecule has 6 nitrogen and oxygen atoms in total. The van der Waals surface area contributed by atoms with Crippen LogP contribution < -0.4 is 5.32 Å². The Morgan fingerprint density at radius 3 is 2.70 bits per heavy atom. The summed E-state index contributed by atoms with van der Waals surface area (Å²) in [6.45, 7) is 5.08. The van der Waals surface area contributed by atoms with Gasteiger partial charge in [0.1, 0.15) is 10.6 Å². The van der Waals surface area contributed by atoms with E-state index in [-0.39, 0.29) is 10.8 Å². The largest absolute Gasteiger partial charge is 0.345 e. The van der Waals surface area contributed by atoms with Crippen molar-refractivity contribution < 1.29 is 13.2 Å². The number of anilines is 1. The summed E-state index contributed by atoms with van der Waals surface area (Å²) in [5.41, 5.74) is 2.01. The molecule has 2 aromatic rings. The van der Waals surface area contributed by atoms with Gasteiger partial charge in [0.05, 0.1) is 5.69 Å². The molecular weight excluding hydrogens is 430 g/mol. The molecule has 146 valence electrons. The van der Waals surface area contributed by atoms with Crippen molar-refractivity contribution in [1.29, 1.82) is 0 Å². The number of hydrogen-bond acceptors (Lipinski definition) is 3. The van der Waals surface area contributed by atoms with Crippen LogP contribution in [0, 0.1) is 12.8 Å². The smallest absolute Gasteiger partial charge is 0.272 e.